The molecule has 1 aliphatic rings. The molecule has 0 saturated carbocycles. The first-order valence-electron chi connectivity index (χ1n) is 6.11. The van der Waals surface area contributed by atoms with Crippen molar-refractivity contribution in [1.29, 1.82) is 0 Å². The maximum absolute atomic E-state index is 2.52. The van der Waals surface area contributed by atoms with Crippen LogP contribution < -0.4 is 4.90 Å². The van der Waals surface area contributed by atoms with Gasteiger partial charge in [-0.25, -0.2) is 0 Å². The zero-order valence-corrected chi connectivity index (χ0v) is 10.1. The van der Waals surface area contributed by atoms with Crippen molar-refractivity contribution in [2.45, 2.75) is 46.1 Å². The highest BCUT2D eigenvalue weighted by Crippen LogP contribution is 2.32. The lowest BCUT2D eigenvalue weighted by Crippen LogP contribution is -2.28. The largest absolute Gasteiger partial charge is 0.369 e. The second kappa shape index (κ2) is 4.26. The van der Waals surface area contributed by atoms with Gasteiger partial charge in [0.2, 0.25) is 0 Å². The van der Waals surface area contributed by atoms with Gasteiger partial charge < -0.3 is 4.90 Å². The fraction of sp³-hybridized carbons (Fsp3) is 0.571. The topological polar surface area (TPSA) is 3.24 Å². The molecule has 0 saturated heterocycles. The minimum absolute atomic E-state index is 0.628. The Bertz CT molecular complexity index is 341. The third-order valence-corrected chi connectivity index (χ3v) is 3.30. The summed E-state index contributed by atoms with van der Waals surface area (Å²) in [5, 5.41) is 0. The number of aryl methyl sites for hydroxylation is 1. The molecule has 0 aliphatic carbocycles. The minimum atomic E-state index is 0.628. The molecule has 1 aliphatic heterocycles. The molecule has 0 amide bonds. The third kappa shape index (κ3) is 1.88. The molecule has 0 N–H and O–H groups in total. The van der Waals surface area contributed by atoms with E-state index in [2.05, 4.69) is 43.9 Å². The SMILES string of the molecule is CCCc1cccc2c1CCN2C(C)C. The zero-order chi connectivity index (χ0) is 10.8. The summed E-state index contributed by atoms with van der Waals surface area (Å²) in [6.45, 7) is 8.02. The quantitative estimate of drug-likeness (QED) is 0.727. The van der Waals surface area contributed by atoms with E-state index in [0.717, 1.165) is 0 Å². The van der Waals surface area contributed by atoms with E-state index < -0.39 is 0 Å². The molecule has 0 atom stereocenters. The Balaban J connectivity index is 2.34. The lowest BCUT2D eigenvalue weighted by molar-refractivity contribution is 0.710. The van der Waals surface area contributed by atoms with Crippen molar-refractivity contribution in [2.75, 3.05) is 11.4 Å². The van der Waals surface area contributed by atoms with E-state index in [4.69, 9.17) is 0 Å². The van der Waals surface area contributed by atoms with Crippen LogP contribution in [0.1, 0.15) is 38.3 Å². The van der Waals surface area contributed by atoms with E-state index in [1.807, 2.05) is 0 Å². The summed E-state index contributed by atoms with van der Waals surface area (Å²) < 4.78 is 0. The molecule has 15 heavy (non-hydrogen) atoms. The molecule has 82 valence electrons. The number of hydrogen-bond acceptors (Lipinski definition) is 1. The van der Waals surface area contributed by atoms with E-state index in [-0.39, 0.29) is 0 Å². The first-order valence-corrected chi connectivity index (χ1v) is 6.11. The Hall–Kier alpha value is -0.980. The lowest BCUT2D eigenvalue weighted by Gasteiger charge is -2.24. The van der Waals surface area contributed by atoms with E-state index >= 15 is 0 Å². The number of fused-ring (bicyclic) bond motifs is 1. The van der Waals surface area contributed by atoms with E-state index in [1.165, 1.54) is 31.5 Å². The van der Waals surface area contributed by atoms with Crippen LogP contribution in [0.5, 0.6) is 0 Å². The van der Waals surface area contributed by atoms with E-state index in [9.17, 15) is 0 Å². The van der Waals surface area contributed by atoms with Gasteiger partial charge in [-0.1, -0.05) is 25.5 Å². The van der Waals surface area contributed by atoms with Crippen LogP contribution in [0, 0.1) is 0 Å². The standard InChI is InChI=1S/C14H21N/c1-4-6-12-7-5-8-14-13(12)9-10-15(14)11(2)3/h5,7-8,11H,4,6,9-10H2,1-3H3. The Morgan fingerprint density at radius 1 is 1.33 bits per heavy atom. The summed E-state index contributed by atoms with van der Waals surface area (Å²) in [4.78, 5) is 2.52. The van der Waals surface area contributed by atoms with Crippen LogP contribution in [0.15, 0.2) is 18.2 Å². The van der Waals surface area contributed by atoms with E-state index in [0.29, 0.717) is 6.04 Å². The second-order valence-corrected chi connectivity index (χ2v) is 4.70. The van der Waals surface area contributed by atoms with Crippen LogP contribution in [0.4, 0.5) is 5.69 Å². The first-order chi connectivity index (χ1) is 7.24. The zero-order valence-electron chi connectivity index (χ0n) is 10.1. The molecule has 1 aromatic carbocycles. The van der Waals surface area contributed by atoms with Crippen LogP contribution in [-0.2, 0) is 12.8 Å². The number of benzene rings is 1. The molecule has 1 nitrogen and oxygen atoms in total. The molecule has 0 unspecified atom stereocenters. The fourth-order valence-corrected chi connectivity index (χ4v) is 2.57. The molecule has 0 aromatic heterocycles. The van der Waals surface area contributed by atoms with Crippen molar-refractivity contribution in [3.05, 3.63) is 29.3 Å². The maximum Gasteiger partial charge on any atom is 0.0404 e. The molecule has 1 heterocycles. The second-order valence-electron chi connectivity index (χ2n) is 4.70. The van der Waals surface area contributed by atoms with Gasteiger partial charge >= 0.3 is 0 Å². The highest BCUT2D eigenvalue weighted by atomic mass is 15.2. The number of nitrogens with zero attached hydrogens (tertiary/aromatic N) is 1. The highest BCUT2D eigenvalue weighted by Gasteiger charge is 2.22. The Morgan fingerprint density at radius 2 is 2.13 bits per heavy atom. The summed E-state index contributed by atoms with van der Waals surface area (Å²) in [5.41, 5.74) is 4.65. The van der Waals surface area contributed by atoms with Crippen molar-refractivity contribution in [3.63, 3.8) is 0 Å². The van der Waals surface area contributed by atoms with Gasteiger partial charge in [-0.05, 0) is 43.9 Å². The van der Waals surface area contributed by atoms with Gasteiger partial charge in [-0.3, -0.25) is 0 Å². The number of anilines is 1. The first kappa shape index (κ1) is 10.5. The average Bonchev–Trinajstić information content (AvgIpc) is 2.62. The van der Waals surface area contributed by atoms with Crippen molar-refractivity contribution in [3.8, 4) is 0 Å². The van der Waals surface area contributed by atoms with Crippen LogP contribution in [0.25, 0.3) is 0 Å². The average molecular weight is 203 g/mol. The maximum atomic E-state index is 2.52. The molecular formula is C14H21N. The van der Waals surface area contributed by atoms with Crippen LogP contribution in [0.2, 0.25) is 0 Å². The van der Waals surface area contributed by atoms with Crippen molar-refractivity contribution in [1.82, 2.24) is 0 Å². The summed E-state index contributed by atoms with van der Waals surface area (Å²) in [6, 6.07) is 7.42. The van der Waals surface area contributed by atoms with Gasteiger partial charge in [0, 0.05) is 18.3 Å². The predicted octanol–water partition coefficient (Wildman–Crippen LogP) is 3.41. The summed E-state index contributed by atoms with van der Waals surface area (Å²) in [6.07, 6.45) is 3.72. The molecule has 1 aromatic rings. The molecule has 1 heteroatoms. The fourth-order valence-electron chi connectivity index (χ4n) is 2.57. The Morgan fingerprint density at radius 3 is 2.80 bits per heavy atom. The van der Waals surface area contributed by atoms with Crippen LogP contribution in [-0.4, -0.2) is 12.6 Å². The van der Waals surface area contributed by atoms with Crippen molar-refractivity contribution < 1.29 is 0 Å². The third-order valence-electron chi connectivity index (χ3n) is 3.30. The van der Waals surface area contributed by atoms with Gasteiger partial charge in [0.15, 0.2) is 0 Å². The molecule has 0 fully saturated rings. The van der Waals surface area contributed by atoms with Gasteiger partial charge in [0.1, 0.15) is 0 Å². The number of rotatable bonds is 3. The van der Waals surface area contributed by atoms with Gasteiger partial charge in [-0.15, -0.1) is 0 Å². The molecule has 0 spiro atoms. The summed E-state index contributed by atoms with van der Waals surface area (Å²) >= 11 is 0. The lowest BCUT2D eigenvalue weighted by atomic mass is 10.0. The predicted molar refractivity (Wildman–Crippen MR) is 66.6 cm³/mol. The smallest absolute Gasteiger partial charge is 0.0404 e. The molecule has 0 bridgehead atoms. The Kier molecular flexibility index (Phi) is 2.99. The summed E-state index contributed by atoms with van der Waals surface area (Å²) in [5.74, 6) is 0. The highest BCUT2D eigenvalue weighted by molar-refractivity contribution is 5.61. The molecule has 0 radical (unpaired) electrons. The van der Waals surface area contributed by atoms with Crippen LogP contribution in [0.3, 0.4) is 0 Å². The van der Waals surface area contributed by atoms with Crippen molar-refractivity contribution in [2.24, 2.45) is 0 Å². The van der Waals surface area contributed by atoms with Gasteiger partial charge in [0.25, 0.3) is 0 Å². The molecular weight excluding hydrogens is 182 g/mol. The monoisotopic (exact) mass is 203 g/mol. The molecule has 2 rings (SSSR count). The van der Waals surface area contributed by atoms with Gasteiger partial charge in [0.05, 0.1) is 0 Å². The minimum Gasteiger partial charge on any atom is -0.369 e. The number of hydrogen-bond donors (Lipinski definition) is 0. The van der Waals surface area contributed by atoms with Crippen molar-refractivity contribution >= 4 is 5.69 Å². The normalized spacial score (nSPS) is 14.8. The Labute approximate surface area is 93.1 Å². The van der Waals surface area contributed by atoms with E-state index in [1.54, 1.807) is 11.1 Å². The van der Waals surface area contributed by atoms with Crippen LogP contribution >= 0.6 is 0 Å². The summed E-state index contributed by atoms with van der Waals surface area (Å²) in [7, 11) is 0. The van der Waals surface area contributed by atoms with Gasteiger partial charge in [-0.2, -0.15) is 0 Å².